The van der Waals surface area contributed by atoms with Crippen LogP contribution >= 0.6 is 0 Å². The molecule has 136 valence electrons. The van der Waals surface area contributed by atoms with Gasteiger partial charge in [-0.05, 0) is 50.9 Å². The number of rotatable bonds is 4. The predicted molar refractivity (Wildman–Crippen MR) is 96.9 cm³/mol. The number of carbonyl (C=O) groups is 1. The van der Waals surface area contributed by atoms with Gasteiger partial charge in [-0.25, -0.2) is 4.98 Å². The molecule has 0 aromatic carbocycles. The van der Waals surface area contributed by atoms with Crippen LogP contribution in [0.1, 0.15) is 23.2 Å². The summed E-state index contributed by atoms with van der Waals surface area (Å²) in [4.78, 5) is 23.7. The Hall–Kier alpha value is -1.66. The first-order valence-corrected chi connectivity index (χ1v) is 9.38. The number of morpholine rings is 1. The Morgan fingerprint density at radius 2 is 1.96 bits per heavy atom. The standard InChI is InChI=1S/C19H28N4O2/c1-21(2)17-13-23(12-16(17)14-3-4-14)18-6-5-15(11-20-18)19(24)22-7-9-25-10-8-22/h5-6,11,14,16-17H,3-4,7-10,12-13H2,1-2H3/t16-,17+/m0/s1. The summed E-state index contributed by atoms with van der Waals surface area (Å²) in [5.41, 5.74) is 0.674. The summed E-state index contributed by atoms with van der Waals surface area (Å²) in [5, 5.41) is 0. The number of likely N-dealkylation sites (N-methyl/N-ethyl adjacent to an activating group) is 1. The van der Waals surface area contributed by atoms with Gasteiger partial charge in [-0.3, -0.25) is 4.79 Å². The van der Waals surface area contributed by atoms with Gasteiger partial charge in [0.1, 0.15) is 5.82 Å². The topological polar surface area (TPSA) is 48.9 Å². The Balaban J connectivity index is 1.44. The first-order chi connectivity index (χ1) is 12.1. The molecule has 1 aliphatic carbocycles. The Labute approximate surface area is 149 Å². The third-order valence-electron chi connectivity index (χ3n) is 5.84. The summed E-state index contributed by atoms with van der Waals surface area (Å²) in [7, 11) is 4.36. The van der Waals surface area contributed by atoms with Crippen molar-refractivity contribution in [2.45, 2.75) is 18.9 Å². The molecule has 3 heterocycles. The summed E-state index contributed by atoms with van der Waals surface area (Å²) >= 11 is 0. The zero-order chi connectivity index (χ0) is 17.4. The maximum absolute atomic E-state index is 12.5. The lowest BCUT2D eigenvalue weighted by Gasteiger charge is -2.27. The highest BCUT2D eigenvalue weighted by Gasteiger charge is 2.43. The number of ether oxygens (including phenoxy) is 1. The van der Waals surface area contributed by atoms with E-state index in [0.717, 1.165) is 30.7 Å². The number of carbonyl (C=O) groups excluding carboxylic acids is 1. The van der Waals surface area contributed by atoms with Gasteiger partial charge < -0.3 is 19.4 Å². The van der Waals surface area contributed by atoms with E-state index in [1.165, 1.54) is 12.8 Å². The zero-order valence-corrected chi connectivity index (χ0v) is 15.2. The van der Waals surface area contributed by atoms with Crippen molar-refractivity contribution in [2.75, 3.05) is 58.4 Å². The van der Waals surface area contributed by atoms with E-state index < -0.39 is 0 Å². The molecule has 1 amide bonds. The van der Waals surface area contributed by atoms with Crippen molar-refractivity contribution in [3.63, 3.8) is 0 Å². The fourth-order valence-electron chi connectivity index (χ4n) is 4.18. The molecule has 2 saturated heterocycles. The normalized spacial score (nSPS) is 27.2. The Morgan fingerprint density at radius 3 is 2.56 bits per heavy atom. The monoisotopic (exact) mass is 344 g/mol. The number of anilines is 1. The van der Waals surface area contributed by atoms with Crippen molar-refractivity contribution in [3.05, 3.63) is 23.9 Å². The Kier molecular flexibility index (Phi) is 4.65. The maximum Gasteiger partial charge on any atom is 0.255 e. The molecular formula is C19H28N4O2. The lowest BCUT2D eigenvalue weighted by molar-refractivity contribution is 0.0302. The SMILES string of the molecule is CN(C)[C@@H]1CN(c2ccc(C(=O)N3CCOCC3)cn2)C[C@H]1C1CC1. The van der Waals surface area contributed by atoms with Crippen LogP contribution in [0.4, 0.5) is 5.82 Å². The van der Waals surface area contributed by atoms with Gasteiger partial charge in [0, 0.05) is 38.4 Å². The number of hydrogen-bond donors (Lipinski definition) is 0. The van der Waals surface area contributed by atoms with Gasteiger partial charge >= 0.3 is 0 Å². The highest BCUT2D eigenvalue weighted by atomic mass is 16.5. The van der Waals surface area contributed by atoms with E-state index in [9.17, 15) is 4.79 Å². The minimum atomic E-state index is 0.0609. The quantitative estimate of drug-likeness (QED) is 0.825. The van der Waals surface area contributed by atoms with Crippen LogP contribution < -0.4 is 4.90 Å². The van der Waals surface area contributed by atoms with Crippen LogP contribution in [0.3, 0.4) is 0 Å². The van der Waals surface area contributed by atoms with Crippen LogP contribution in [-0.2, 0) is 4.74 Å². The second kappa shape index (κ2) is 6.92. The molecule has 1 aromatic rings. The van der Waals surface area contributed by atoms with Gasteiger partial charge in [-0.2, -0.15) is 0 Å². The number of nitrogens with zero attached hydrogens (tertiary/aromatic N) is 4. The smallest absolute Gasteiger partial charge is 0.255 e. The highest BCUT2D eigenvalue weighted by Crippen LogP contribution is 2.43. The number of amides is 1. The summed E-state index contributed by atoms with van der Waals surface area (Å²) in [6.07, 6.45) is 4.49. The van der Waals surface area contributed by atoms with E-state index in [-0.39, 0.29) is 5.91 Å². The largest absolute Gasteiger partial charge is 0.378 e. The first kappa shape index (κ1) is 16.8. The zero-order valence-electron chi connectivity index (χ0n) is 15.2. The minimum absolute atomic E-state index is 0.0609. The Bertz CT molecular complexity index is 598. The van der Waals surface area contributed by atoms with Crippen molar-refractivity contribution < 1.29 is 9.53 Å². The predicted octanol–water partition coefficient (Wildman–Crippen LogP) is 1.33. The van der Waals surface area contributed by atoms with Crippen LogP contribution in [0.15, 0.2) is 18.3 Å². The molecule has 1 saturated carbocycles. The third-order valence-corrected chi connectivity index (χ3v) is 5.84. The second-order valence-electron chi connectivity index (χ2n) is 7.75. The molecular weight excluding hydrogens is 316 g/mol. The van der Waals surface area contributed by atoms with E-state index >= 15 is 0 Å². The van der Waals surface area contributed by atoms with Crippen molar-refractivity contribution in [1.82, 2.24) is 14.8 Å². The molecule has 6 nitrogen and oxygen atoms in total. The fraction of sp³-hybridized carbons (Fsp3) is 0.684. The van der Waals surface area contributed by atoms with Crippen LogP contribution in [-0.4, -0.2) is 80.2 Å². The van der Waals surface area contributed by atoms with Gasteiger partial charge in [0.15, 0.2) is 0 Å². The molecule has 1 aromatic heterocycles. The van der Waals surface area contributed by atoms with Gasteiger partial charge in [-0.1, -0.05) is 0 Å². The molecule has 3 aliphatic rings. The molecule has 0 unspecified atom stereocenters. The van der Waals surface area contributed by atoms with Gasteiger partial charge in [0.25, 0.3) is 5.91 Å². The molecule has 2 atom stereocenters. The summed E-state index contributed by atoms with van der Waals surface area (Å²) < 4.78 is 5.32. The lowest BCUT2D eigenvalue weighted by atomic mass is 9.97. The van der Waals surface area contributed by atoms with Crippen molar-refractivity contribution in [2.24, 2.45) is 11.8 Å². The number of pyridine rings is 1. The summed E-state index contributed by atoms with van der Waals surface area (Å²) in [6.45, 7) is 4.69. The molecule has 3 fully saturated rings. The van der Waals surface area contributed by atoms with E-state index in [1.54, 1.807) is 6.20 Å². The molecule has 2 aliphatic heterocycles. The fourth-order valence-corrected chi connectivity index (χ4v) is 4.18. The summed E-state index contributed by atoms with van der Waals surface area (Å²) in [5.74, 6) is 2.69. The molecule has 0 N–H and O–H groups in total. The lowest BCUT2D eigenvalue weighted by Crippen LogP contribution is -2.40. The van der Waals surface area contributed by atoms with Crippen molar-refractivity contribution in [1.29, 1.82) is 0 Å². The molecule has 0 radical (unpaired) electrons. The van der Waals surface area contributed by atoms with Crippen LogP contribution in [0, 0.1) is 11.8 Å². The molecule has 4 rings (SSSR count). The molecule has 0 spiro atoms. The number of hydrogen-bond acceptors (Lipinski definition) is 5. The van der Waals surface area contributed by atoms with Crippen LogP contribution in [0.25, 0.3) is 0 Å². The Morgan fingerprint density at radius 1 is 1.20 bits per heavy atom. The second-order valence-corrected chi connectivity index (χ2v) is 7.75. The minimum Gasteiger partial charge on any atom is -0.378 e. The van der Waals surface area contributed by atoms with Crippen LogP contribution in [0.5, 0.6) is 0 Å². The first-order valence-electron chi connectivity index (χ1n) is 9.38. The van der Waals surface area contributed by atoms with E-state index in [4.69, 9.17) is 4.74 Å². The van der Waals surface area contributed by atoms with Crippen molar-refractivity contribution in [3.8, 4) is 0 Å². The number of aromatic nitrogens is 1. The van der Waals surface area contributed by atoms with E-state index in [0.29, 0.717) is 37.9 Å². The van der Waals surface area contributed by atoms with Gasteiger partial charge in [0.2, 0.25) is 0 Å². The molecule has 0 bridgehead atoms. The third kappa shape index (κ3) is 3.51. The molecule has 6 heteroatoms. The average molecular weight is 344 g/mol. The van der Waals surface area contributed by atoms with E-state index in [2.05, 4.69) is 28.9 Å². The maximum atomic E-state index is 12.5. The van der Waals surface area contributed by atoms with Crippen molar-refractivity contribution >= 4 is 11.7 Å². The van der Waals surface area contributed by atoms with Crippen LogP contribution in [0.2, 0.25) is 0 Å². The summed E-state index contributed by atoms with van der Waals surface area (Å²) in [6, 6.07) is 4.54. The highest BCUT2D eigenvalue weighted by molar-refractivity contribution is 5.94. The molecule has 25 heavy (non-hydrogen) atoms. The average Bonchev–Trinajstić information content (AvgIpc) is 3.40. The van der Waals surface area contributed by atoms with Gasteiger partial charge in [-0.15, -0.1) is 0 Å². The van der Waals surface area contributed by atoms with E-state index in [1.807, 2.05) is 17.0 Å². The van der Waals surface area contributed by atoms with Gasteiger partial charge in [0.05, 0.1) is 18.8 Å².